The number of hydrazone groups is 1. The van der Waals surface area contributed by atoms with Gasteiger partial charge in [0, 0.05) is 12.3 Å². The fourth-order valence-corrected chi connectivity index (χ4v) is 1.17. The summed E-state index contributed by atoms with van der Waals surface area (Å²) < 4.78 is 5.03. The van der Waals surface area contributed by atoms with E-state index in [2.05, 4.69) is 10.5 Å². The highest BCUT2D eigenvalue weighted by Gasteiger charge is 2.02. The van der Waals surface area contributed by atoms with Crippen molar-refractivity contribution in [1.82, 2.24) is 5.43 Å². The number of nitrogens with two attached hydrogens (primary N) is 1. The maximum absolute atomic E-state index is 11.5. The van der Waals surface area contributed by atoms with Gasteiger partial charge in [-0.05, 0) is 24.6 Å². The van der Waals surface area contributed by atoms with Gasteiger partial charge in [-0.3, -0.25) is 4.79 Å². The molecule has 0 heterocycles. The molecule has 3 N–H and O–H groups in total. The average Bonchev–Trinajstić information content (AvgIpc) is 2.36. The van der Waals surface area contributed by atoms with Crippen LogP contribution in [-0.2, 0) is 11.2 Å². The van der Waals surface area contributed by atoms with Crippen LogP contribution < -0.4 is 15.9 Å². The normalized spacial score (nSPS) is 11.1. The van der Waals surface area contributed by atoms with Crippen molar-refractivity contribution >= 4 is 11.6 Å². The first-order valence-electron chi connectivity index (χ1n) is 5.30. The number of benzene rings is 1. The zero-order chi connectivity index (χ0) is 12.7. The van der Waals surface area contributed by atoms with Gasteiger partial charge in [-0.25, -0.2) is 5.43 Å². The Morgan fingerprint density at radius 2 is 2.06 bits per heavy atom. The molecule has 92 valence electrons. The standard InChI is InChI=1S/C12H17N3O2/c1-9(8-13)14-15-12(16)7-10-3-5-11(17-2)6-4-10/h3-6H,7-8,13H2,1-2H3,(H,15,16)/b14-9+. The number of carbonyl (C=O) groups excluding carboxylic acids is 1. The van der Waals surface area contributed by atoms with E-state index in [1.54, 1.807) is 14.0 Å². The third kappa shape index (κ3) is 4.65. The van der Waals surface area contributed by atoms with Gasteiger partial charge >= 0.3 is 0 Å². The molecule has 1 amide bonds. The average molecular weight is 235 g/mol. The lowest BCUT2D eigenvalue weighted by Crippen LogP contribution is -2.23. The number of methoxy groups -OCH3 is 1. The lowest BCUT2D eigenvalue weighted by atomic mass is 10.1. The number of nitrogens with zero attached hydrogens (tertiary/aromatic N) is 1. The van der Waals surface area contributed by atoms with Gasteiger partial charge in [0.05, 0.1) is 13.5 Å². The van der Waals surface area contributed by atoms with E-state index >= 15 is 0 Å². The third-order valence-electron chi connectivity index (χ3n) is 2.19. The highest BCUT2D eigenvalue weighted by atomic mass is 16.5. The van der Waals surface area contributed by atoms with E-state index in [1.807, 2.05) is 24.3 Å². The zero-order valence-electron chi connectivity index (χ0n) is 10.1. The molecular formula is C12H17N3O2. The minimum atomic E-state index is -0.164. The van der Waals surface area contributed by atoms with E-state index in [-0.39, 0.29) is 12.3 Å². The molecule has 5 heteroatoms. The fraction of sp³-hybridized carbons (Fsp3) is 0.333. The van der Waals surface area contributed by atoms with Gasteiger partial charge in [0.25, 0.3) is 0 Å². The SMILES string of the molecule is COc1ccc(CC(=O)N/N=C(\C)CN)cc1. The van der Waals surface area contributed by atoms with Crippen molar-refractivity contribution in [2.24, 2.45) is 10.8 Å². The first-order chi connectivity index (χ1) is 8.15. The number of nitrogens with one attached hydrogen (secondary N) is 1. The minimum absolute atomic E-state index is 0.164. The molecule has 0 unspecified atom stereocenters. The molecule has 0 bridgehead atoms. The summed E-state index contributed by atoms with van der Waals surface area (Å²) in [6.45, 7) is 2.09. The second-order valence-corrected chi connectivity index (χ2v) is 3.61. The topological polar surface area (TPSA) is 76.7 Å². The summed E-state index contributed by atoms with van der Waals surface area (Å²) in [5.41, 5.74) is 9.39. The Morgan fingerprint density at radius 1 is 1.41 bits per heavy atom. The molecule has 0 spiro atoms. The van der Waals surface area contributed by atoms with Crippen LogP contribution in [0.25, 0.3) is 0 Å². The molecule has 1 rings (SSSR count). The number of rotatable bonds is 5. The maximum atomic E-state index is 11.5. The van der Waals surface area contributed by atoms with E-state index < -0.39 is 0 Å². The number of ether oxygens (including phenoxy) is 1. The van der Waals surface area contributed by atoms with Gasteiger partial charge in [0.15, 0.2) is 0 Å². The van der Waals surface area contributed by atoms with Crippen LogP contribution in [0.2, 0.25) is 0 Å². The van der Waals surface area contributed by atoms with E-state index in [0.29, 0.717) is 12.3 Å². The zero-order valence-corrected chi connectivity index (χ0v) is 10.1. The molecule has 0 aromatic heterocycles. The van der Waals surface area contributed by atoms with Crippen LogP contribution in [0, 0.1) is 0 Å². The largest absolute Gasteiger partial charge is 0.497 e. The first-order valence-corrected chi connectivity index (χ1v) is 5.30. The van der Waals surface area contributed by atoms with Gasteiger partial charge in [-0.2, -0.15) is 5.10 Å². The number of hydrogen-bond donors (Lipinski definition) is 2. The van der Waals surface area contributed by atoms with Crippen LogP contribution >= 0.6 is 0 Å². The summed E-state index contributed by atoms with van der Waals surface area (Å²) in [6.07, 6.45) is 0.283. The molecule has 0 radical (unpaired) electrons. The van der Waals surface area contributed by atoms with Crippen molar-refractivity contribution in [1.29, 1.82) is 0 Å². The Labute approximate surface area is 101 Å². The van der Waals surface area contributed by atoms with Gasteiger partial charge < -0.3 is 10.5 Å². The summed E-state index contributed by atoms with van der Waals surface area (Å²) in [6, 6.07) is 7.32. The molecule has 17 heavy (non-hydrogen) atoms. The van der Waals surface area contributed by atoms with Crippen LogP contribution in [0.1, 0.15) is 12.5 Å². The molecule has 0 saturated heterocycles. The van der Waals surface area contributed by atoms with Crippen molar-refractivity contribution in [3.63, 3.8) is 0 Å². The van der Waals surface area contributed by atoms with Gasteiger partial charge in [0.1, 0.15) is 5.75 Å². The Balaban J connectivity index is 2.50. The van der Waals surface area contributed by atoms with E-state index in [1.165, 1.54) is 0 Å². The smallest absolute Gasteiger partial charge is 0.244 e. The Hall–Kier alpha value is -1.88. The van der Waals surface area contributed by atoms with E-state index in [0.717, 1.165) is 11.3 Å². The summed E-state index contributed by atoms with van der Waals surface area (Å²) in [4.78, 5) is 11.5. The van der Waals surface area contributed by atoms with Gasteiger partial charge in [-0.1, -0.05) is 12.1 Å². The minimum Gasteiger partial charge on any atom is -0.497 e. The molecule has 5 nitrogen and oxygen atoms in total. The number of hydrogen-bond acceptors (Lipinski definition) is 4. The number of amides is 1. The van der Waals surface area contributed by atoms with Crippen LogP contribution in [0.4, 0.5) is 0 Å². The highest BCUT2D eigenvalue weighted by Crippen LogP contribution is 2.11. The predicted molar refractivity (Wildman–Crippen MR) is 67.0 cm³/mol. The van der Waals surface area contributed by atoms with Crippen LogP contribution in [0.5, 0.6) is 5.75 Å². The van der Waals surface area contributed by atoms with E-state index in [4.69, 9.17) is 10.5 Å². The summed E-state index contributed by atoms with van der Waals surface area (Å²) in [5, 5.41) is 3.84. The monoisotopic (exact) mass is 235 g/mol. The molecule has 1 aromatic carbocycles. The van der Waals surface area contributed by atoms with Crippen LogP contribution in [0.3, 0.4) is 0 Å². The molecule has 0 aliphatic heterocycles. The Bertz CT molecular complexity index is 399. The summed E-state index contributed by atoms with van der Waals surface area (Å²) in [7, 11) is 1.60. The lowest BCUT2D eigenvalue weighted by molar-refractivity contribution is -0.120. The second kappa shape index (κ2) is 6.65. The molecule has 0 saturated carbocycles. The third-order valence-corrected chi connectivity index (χ3v) is 2.19. The lowest BCUT2D eigenvalue weighted by Gasteiger charge is -2.03. The van der Waals surface area contributed by atoms with Crippen molar-refractivity contribution in [2.75, 3.05) is 13.7 Å². The maximum Gasteiger partial charge on any atom is 0.244 e. The van der Waals surface area contributed by atoms with E-state index in [9.17, 15) is 4.79 Å². The predicted octanol–water partition coefficient (Wildman–Crippen LogP) is 0.688. The Kier molecular flexibility index (Phi) is 5.16. The molecule has 1 aromatic rings. The summed E-state index contributed by atoms with van der Waals surface area (Å²) >= 11 is 0. The summed E-state index contributed by atoms with van der Waals surface area (Å²) in [5.74, 6) is 0.606. The Morgan fingerprint density at radius 3 is 2.59 bits per heavy atom. The number of carbonyl (C=O) groups is 1. The fourth-order valence-electron chi connectivity index (χ4n) is 1.17. The molecule has 0 atom stereocenters. The molecule has 0 aliphatic rings. The van der Waals surface area contributed by atoms with Crippen LogP contribution in [0.15, 0.2) is 29.4 Å². The molecule has 0 fully saturated rings. The van der Waals surface area contributed by atoms with Crippen molar-refractivity contribution in [3.8, 4) is 5.75 Å². The molecule has 0 aliphatic carbocycles. The van der Waals surface area contributed by atoms with Crippen molar-refractivity contribution in [2.45, 2.75) is 13.3 Å². The van der Waals surface area contributed by atoms with Crippen molar-refractivity contribution < 1.29 is 9.53 Å². The van der Waals surface area contributed by atoms with Crippen LogP contribution in [-0.4, -0.2) is 25.3 Å². The first kappa shape index (κ1) is 13.2. The molecular weight excluding hydrogens is 218 g/mol. The van der Waals surface area contributed by atoms with Crippen molar-refractivity contribution in [3.05, 3.63) is 29.8 Å². The van der Waals surface area contributed by atoms with Gasteiger partial charge in [-0.15, -0.1) is 0 Å². The van der Waals surface area contributed by atoms with Gasteiger partial charge in [0.2, 0.25) is 5.91 Å². The highest BCUT2D eigenvalue weighted by molar-refractivity contribution is 5.86. The quantitative estimate of drug-likeness (QED) is 0.582. The second-order valence-electron chi connectivity index (χ2n) is 3.61.